The molecule has 0 N–H and O–H groups in total. The molecule has 3 aromatic carbocycles. The van der Waals surface area contributed by atoms with Crippen LogP contribution in [0.2, 0.25) is 0 Å². The number of halogens is 1. The largest absolute Gasteiger partial charge is 0.456 e. The van der Waals surface area contributed by atoms with Gasteiger partial charge in [0.1, 0.15) is 21.8 Å². The Hall–Kier alpha value is -2.06. The van der Waals surface area contributed by atoms with Gasteiger partial charge in [-0.1, -0.05) is 18.2 Å². The van der Waals surface area contributed by atoms with Gasteiger partial charge in [0.15, 0.2) is 0 Å². The molecule has 4 aromatic rings. The Morgan fingerprint density at radius 3 is 2.33 bits per heavy atom. The minimum Gasteiger partial charge on any atom is -0.456 e. The van der Waals surface area contributed by atoms with Gasteiger partial charge < -0.3 is 8.60 Å². The fourth-order valence-corrected chi connectivity index (χ4v) is 3.82. The molecule has 4 rings (SSSR count). The quantitative estimate of drug-likeness (QED) is 0.327. The zero-order valence-electron chi connectivity index (χ0n) is 12.3. The lowest BCUT2D eigenvalue weighted by Gasteiger charge is -2.07. The van der Waals surface area contributed by atoms with Crippen LogP contribution in [0.25, 0.3) is 21.9 Å². The predicted molar refractivity (Wildman–Crippen MR) is 101 cm³/mol. The van der Waals surface area contributed by atoms with Crippen molar-refractivity contribution in [3.05, 3.63) is 70.3 Å². The highest BCUT2D eigenvalue weighted by atomic mass is 127. The van der Waals surface area contributed by atoms with Crippen LogP contribution in [0.15, 0.2) is 76.0 Å². The average Bonchev–Trinajstić information content (AvgIpc) is 2.93. The van der Waals surface area contributed by atoms with E-state index in [0.29, 0.717) is 5.58 Å². The van der Waals surface area contributed by atoms with E-state index in [9.17, 15) is 8.42 Å². The molecule has 4 nitrogen and oxygen atoms in total. The summed E-state index contributed by atoms with van der Waals surface area (Å²) in [4.78, 5) is 0.125. The fourth-order valence-electron chi connectivity index (χ4n) is 2.53. The maximum atomic E-state index is 12.4. The summed E-state index contributed by atoms with van der Waals surface area (Å²) in [5.74, 6) is 0.257. The summed E-state index contributed by atoms with van der Waals surface area (Å²) < 4.78 is 36.8. The van der Waals surface area contributed by atoms with E-state index in [1.807, 2.05) is 24.3 Å². The number of fused-ring (bicyclic) bond motifs is 3. The van der Waals surface area contributed by atoms with Gasteiger partial charge in [0.05, 0.1) is 0 Å². The van der Waals surface area contributed by atoms with Crippen molar-refractivity contribution in [3.8, 4) is 5.75 Å². The summed E-state index contributed by atoms with van der Waals surface area (Å²) >= 11 is 2.12. The Labute approximate surface area is 152 Å². The standard InChI is InChI=1S/C18H11IO4S/c19-12-5-8-14(9-6-12)24(20,21)23-13-7-10-18-16(11-13)15-3-1-2-4-17(15)22-18/h1-11H. The topological polar surface area (TPSA) is 56.5 Å². The van der Waals surface area contributed by atoms with Gasteiger partial charge in [0.25, 0.3) is 0 Å². The van der Waals surface area contributed by atoms with Crippen LogP contribution < -0.4 is 4.18 Å². The molecular weight excluding hydrogens is 439 g/mol. The first kappa shape index (κ1) is 15.5. The second-order valence-corrected chi connectivity index (χ2v) is 8.04. The molecule has 0 aliphatic carbocycles. The first-order chi connectivity index (χ1) is 11.5. The highest BCUT2D eigenvalue weighted by molar-refractivity contribution is 14.1. The third kappa shape index (κ3) is 2.76. The van der Waals surface area contributed by atoms with Gasteiger partial charge >= 0.3 is 10.1 Å². The summed E-state index contributed by atoms with van der Waals surface area (Å²) in [6.07, 6.45) is 0. The molecule has 0 aliphatic rings. The molecule has 0 aliphatic heterocycles. The molecule has 0 atom stereocenters. The van der Waals surface area contributed by atoms with Crippen molar-refractivity contribution in [2.24, 2.45) is 0 Å². The van der Waals surface area contributed by atoms with Gasteiger partial charge in [-0.2, -0.15) is 8.42 Å². The van der Waals surface area contributed by atoms with Crippen LogP contribution in [-0.2, 0) is 10.1 Å². The van der Waals surface area contributed by atoms with E-state index in [-0.39, 0.29) is 10.6 Å². The van der Waals surface area contributed by atoms with Crippen LogP contribution in [-0.4, -0.2) is 8.42 Å². The summed E-state index contributed by atoms with van der Waals surface area (Å²) in [5.41, 5.74) is 1.44. The first-order valence-electron chi connectivity index (χ1n) is 7.14. The van der Waals surface area contributed by atoms with E-state index in [1.165, 1.54) is 12.1 Å². The molecule has 0 unspecified atom stereocenters. The van der Waals surface area contributed by atoms with E-state index in [2.05, 4.69) is 22.6 Å². The van der Waals surface area contributed by atoms with E-state index < -0.39 is 10.1 Å². The third-order valence-corrected chi connectivity index (χ3v) is 5.64. The average molecular weight is 450 g/mol. The third-order valence-electron chi connectivity index (χ3n) is 3.66. The molecule has 6 heteroatoms. The second-order valence-electron chi connectivity index (χ2n) is 5.25. The second kappa shape index (κ2) is 5.78. The Kier molecular flexibility index (Phi) is 3.73. The van der Waals surface area contributed by atoms with Crippen molar-refractivity contribution in [2.45, 2.75) is 4.90 Å². The molecule has 0 radical (unpaired) electrons. The number of hydrogen-bond acceptors (Lipinski definition) is 4. The molecule has 0 saturated heterocycles. The van der Waals surface area contributed by atoms with Crippen molar-refractivity contribution < 1.29 is 17.0 Å². The van der Waals surface area contributed by atoms with Crippen LogP contribution in [0.3, 0.4) is 0 Å². The Bertz CT molecular complexity index is 1140. The summed E-state index contributed by atoms with van der Waals surface area (Å²) in [6.45, 7) is 0. The molecule has 24 heavy (non-hydrogen) atoms. The van der Waals surface area contributed by atoms with E-state index in [0.717, 1.165) is 19.9 Å². The Morgan fingerprint density at radius 2 is 1.54 bits per heavy atom. The zero-order valence-corrected chi connectivity index (χ0v) is 15.2. The summed E-state index contributed by atoms with van der Waals surface area (Å²) in [7, 11) is -3.87. The molecule has 1 aromatic heterocycles. The highest BCUT2D eigenvalue weighted by Gasteiger charge is 2.17. The minimum absolute atomic E-state index is 0.125. The molecule has 0 saturated carbocycles. The lowest BCUT2D eigenvalue weighted by molar-refractivity contribution is 0.486. The van der Waals surface area contributed by atoms with Gasteiger partial charge in [0, 0.05) is 14.3 Å². The van der Waals surface area contributed by atoms with Gasteiger partial charge in [-0.15, -0.1) is 0 Å². The van der Waals surface area contributed by atoms with Gasteiger partial charge in [-0.3, -0.25) is 0 Å². The molecule has 0 bridgehead atoms. The number of para-hydroxylation sites is 1. The lowest BCUT2D eigenvalue weighted by atomic mass is 10.1. The van der Waals surface area contributed by atoms with Gasteiger partial charge in [-0.05, 0) is 71.1 Å². The monoisotopic (exact) mass is 450 g/mol. The molecular formula is C18H11IO4S. The minimum atomic E-state index is -3.87. The lowest BCUT2D eigenvalue weighted by Crippen LogP contribution is -2.09. The van der Waals surface area contributed by atoms with Crippen molar-refractivity contribution >= 4 is 54.6 Å². The molecule has 0 spiro atoms. The van der Waals surface area contributed by atoms with Crippen LogP contribution in [0, 0.1) is 3.57 Å². The number of hydrogen-bond donors (Lipinski definition) is 0. The Balaban J connectivity index is 1.76. The maximum Gasteiger partial charge on any atom is 0.339 e. The van der Waals surface area contributed by atoms with E-state index in [1.54, 1.807) is 30.3 Å². The highest BCUT2D eigenvalue weighted by Crippen LogP contribution is 2.32. The van der Waals surface area contributed by atoms with Crippen LogP contribution >= 0.6 is 22.6 Å². The molecule has 1 heterocycles. The van der Waals surface area contributed by atoms with Crippen molar-refractivity contribution in [3.63, 3.8) is 0 Å². The number of furan rings is 1. The summed E-state index contributed by atoms with van der Waals surface area (Å²) in [5, 5.41) is 1.74. The molecule has 0 fully saturated rings. The number of rotatable bonds is 3. The van der Waals surface area contributed by atoms with Gasteiger partial charge in [0.2, 0.25) is 0 Å². The fraction of sp³-hybridized carbons (Fsp3) is 0. The summed E-state index contributed by atoms with van der Waals surface area (Å²) in [6, 6.07) is 19.1. The van der Waals surface area contributed by atoms with Crippen LogP contribution in [0.4, 0.5) is 0 Å². The smallest absolute Gasteiger partial charge is 0.339 e. The molecule has 0 amide bonds. The van der Waals surface area contributed by atoms with Gasteiger partial charge in [-0.25, -0.2) is 0 Å². The Morgan fingerprint density at radius 1 is 0.833 bits per heavy atom. The van der Waals surface area contributed by atoms with Crippen LogP contribution in [0.1, 0.15) is 0 Å². The van der Waals surface area contributed by atoms with E-state index >= 15 is 0 Å². The maximum absolute atomic E-state index is 12.4. The van der Waals surface area contributed by atoms with Crippen LogP contribution in [0.5, 0.6) is 5.75 Å². The van der Waals surface area contributed by atoms with E-state index in [4.69, 9.17) is 8.60 Å². The predicted octanol–water partition coefficient (Wildman–Crippen LogP) is 4.96. The molecule has 120 valence electrons. The normalized spacial score (nSPS) is 11.9. The van der Waals surface area contributed by atoms with Crippen molar-refractivity contribution in [2.75, 3.05) is 0 Å². The van der Waals surface area contributed by atoms with Crippen molar-refractivity contribution in [1.29, 1.82) is 0 Å². The SMILES string of the molecule is O=S(=O)(Oc1ccc2oc3ccccc3c2c1)c1ccc(I)cc1. The first-order valence-corrected chi connectivity index (χ1v) is 9.63. The zero-order chi connectivity index (χ0) is 16.7. The number of benzene rings is 3. The van der Waals surface area contributed by atoms with Crippen molar-refractivity contribution in [1.82, 2.24) is 0 Å².